The number of anilines is 1. The van der Waals surface area contributed by atoms with Gasteiger partial charge in [0.1, 0.15) is 5.69 Å². The molecule has 0 radical (unpaired) electrons. The Morgan fingerprint density at radius 1 is 1.22 bits per heavy atom. The van der Waals surface area contributed by atoms with Gasteiger partial charge < -0.3 is 4.90 Å². The maximum atomic E-state index is 13.5. The lowest BCUT2D eigenvalue weighted by Crippen LogP contribution is -2.35. The van der Waals surface area contributed by atoms with Crippen LogP contribution in [0.2, 0.25) is 0 Å². The Morgan fingerprint density at radius 3 is 2.63 bits per heavy atom. The fourth-order valence-corrected chi connectivity index (χ4v) is 4.00. The Bertz CT molecular complexity index is 894. The molecule has 3 aromatic rings. The Morgan fingerprint density at radius 2 is 1.96 bits per heavy atom. The molecule has 7 heteroatoms. The smallest absolute Gasteiger partial charge is 0.278 e. The molecule has 0 aliphatic rings. The van der Waals surface area contributed by atoms with Crippen LogP contribution < -0.4 is 4.90 Å². The van der Waals surface area contributed by atoms with E-state index in [0.717, 1.165) is 34.0 Å². The lowest BCUT2D eigenvalue weighted by atomic mass is 10.3. The van der Waals surface area contributed by atoms with Crippen LogP contribution in [0.25, 0.3) is 10.2 Å². The minimum atomic E-state index is -0.0397. The number of carbonyl (C=O) groups is 1. The monoisotopic (exact) mass is 385 g/mol. The molecule has 144 valence electrons. The van der Waals surface area contributed by atoms with E-state index in [0.29, 0.717) is 12.2 Å². The molecule has 0 spiro atoms. The molecule has 1 aromatic carbocycles. The fraction of sp³-hybridized carbons (Fsp3) is 0.450. The summed E-state index contributed by atoms with van der Waals surface area (Å²) in [4.78, 5) is 22.1. The maximum absolute atomic E-state index is 13.5. The minimum Gasteiger partial charge on any atom is -0.309 e. The molecule has 1 amide bonds. The molecule has 2 heterocycles. The normalized spacial score (nSPS) is 11.7. The lowest BCUT2D eigenvalue weighted by molar-refractivity contribution is 0.0974. The highest BCUT2D eigenvalue weighted by atomic mass is 32.1. The highest BCUT2D eigenvalue weighted by Crippen LogP contribution is 2.30. The molecule has 2 aromatic heterocycles. The molecule has 6 nitrogen and oxygen atoms in total. The summed E-state index contributed by atoms with van der Waals surface area (Å²) in [6, 6.07) is 9.99. The van der Waals surface area contributed by atoms with Gasteiger partial charge in [-0.1, -0.05) is 23.5 Å². The zero-order valence-electron chi connectivity index (χ0n) is 16.6. The Kier molecular flexibility index (Phi) is 5.92. The number of rotatable bonds is 7. The first-order valence-corrected chi connectivity index (χ1v) is 10.1. The van der Waals surface area contributed by atoms with Crippen molar-refractivity contribution in [1.29, 1.82) is 0 Å². The number of hydrogen-bond acceptors (Lipinski definition) is 5. The molecule has 0 aliphatic heterocycles. The van der Waals surface area contributed by atoms with Gasteiger partial charge in [0, 0.05) is 12.6 Å². The van der Waals surface area contributed by atoms with Crippen molar-refractivity contribution in [2.45, 2.75) is 33.2 Å². The number of aromatic nitrogens is 3. The highest BCUT2D eigenvalue weighted by molar-refractivity contribution is 7.22. The van der Waals surface area contributed by atoms with E-state index in [1.165, 1.54) is 0 Å². The van der Waals surface area contributed by atoms with Gasteiger partial charge in [0.15, 0.2) is 5.13 Å². The van der Waals surface area contributed by atoms with Crippen molar-refractivity contribution in [3.63, 3.8) is 0 Å². The van der Waals surface area contributed by atoms with Crippen molar-refractivity contribution >= 4 is 32.6 Å². The first-order valence-electron chi connectivity index (χ1n) is 9.25. The molecule has 0 saturated carbocycles. The van der Waals surface area contributed by atoms with Gasteiger partial charge in [-0.25, -0.2) is 4.98 Å². The van der Waals surface area contributed by atoms with Crippen LogP contribution in [0.1, 0.15) is 42.5 Å². The molecule has 0 atom stereocenters. The van der Waals surface area contributed by atoms with Crippen molar-refractivity contribution in [1.82, 2.24) is 19.7 Å². The van der Waals surface area contributed by atoms with Crippen molar-refractivity contribution in [3.05, 3.63) is 41.7 Å². The van der Waals surface area contributed by atoms with Crippen LogP contribution in [-0.4, -0.2) is 52.8 Å². The van der Waals surface area contributed by atoms with Crippen molar-refractivity contribution in [3.8, 4) is 0 Å². The molecule has 0 fully saturated rings. The van der Waals surface area contributed by atoms with Gasteiger partial charge >= 0.3 is 0 Å². The minimum absolute atomic E-state index is 0.0397. The van der Waals surface area contributed by atoms with Crippen LogP contribution in [0.3, 0.4) is 0 Å². The van der Waals surface area contributed by atoms with Gasteiger partial charge in [0.05, 0.1) is 15.9 Å². The summed E-state index contributed by atoms with van der Waals surface area (Å²) in [5.41, 5.74) is 2.40. The van der Waals surface area contributed by atoms with E-state index in [2.05, 4.69) is 10.00 Å². The van der Waals surface area contributed by atoms with Gasteiger partial charge in [0.25, 0.3) is 5.91 Å². The number of fused-ring (bicyclic) bond motifs is 1. The van der Waals surface area contributed by atoms with Crippen LogP contribution in [-0.2, 0) is 0 Å². The number of nitrogens with zero attached hydrogens (tertiary/aromatic N) is 5. The van der Waals surface area contributed by atoms with Crippen LogP contribution in [0.5, 0.6) is 0 Å². The van der Waals surface area contributed by atoms with E-state index in [1.807, 2.05) is 74.8 Å². The zero-order chi connectivity index (χ0) is 19.6. The third kappa shape index (κ3) is 4.36. The Labute approximate surface area is 164 Å². The van der Waals surface area contributed by atoms with E-state index in [9.17, 15) is 4.79 Å². The predicted octanol–water partition coefficient (Wildman–Crippen LogP) is 3.98. The summed E-state index contributed by atoms with van der Waals surface area (Å²) >= 11 is 1.56. The standard InChI is InChI=1S/C20H27N5OS/c1-14(2)25-17(13-15(3)22-25)19(26)24(12-8-11-23(4)5)20-21-16-9-6-7-10-18(16)27-20/h6-7,9-10,13-14H,8,11-12H2,1-5H3. The number of para-hydroxylation sites is 1. The number of benzene rings is 1. The molecule has 0 unspecified atom stereocenters. The summed E-state index contributed by atoms with van der Waals surface area (Å²) in [7, 11) is 4.09. The van der Waals surface area contributed by atoms with Crippen molar-refractivity contribution in [2.75, 3.05) is 32.1 Å². The second-order valence-electron chi connectivity index (χ2n) is 7.29. The van der Waals surface area contributed by atoms with Crippen molar-refractivity contribution < 1.29 is 4.79 Å². The molecule has 0 aliphatic carbocycles. The van der Waals surface area contributed by atoms with Crippen LogP contribution in [0, 0.1) is 6.92 Å². The summed E-state index contributed by atoms with van der Waals surface area (Å²) in [5.74, 6) is -0.0397. The van der Waals surface area contributed by atoms with Gasteiger partial charge in [-0.05, 0) is 66.0 Å². The summed E-state index contributed by atoms with van der Waals surface area (Å²) in [6.07, 6.45) is 0.878. The topological polar surface area (TPSA) is 54.3 Å². The summed E-state index contributed by atoms with van der Waals surface area (Å²) < 4.78 is 2.90. The molecular formula is C20H27N5OS. The van der Waals surface area contributed by atoms with Crippen LogP contribution >= 0.6 is 11.3 Å². The SMILES string of the molecule is Cc1cc(C(=O)N(CCCN(C)C)c2nc3ccccc3s2)n(C(C)C)n1. The first-order chi connectivity index (χ1) is 12.9. The second-order valence-corrected chi connectivity index (χ2v) is 8.30. The number of carbonyl (C=O) groups excluding carboxylic acids is 1. The second kappa shape index (κ2) is 8.19. The Balaban J connectivity index is 1.97. The third-order valence-corrected chi connectivity index (χ3v) is 5.37. The highest BCUT2D eigenvalue weighted by Gasteiger charge is 2.25. The lowest BCUT2D eigenvalue weighted by Gasteiger charge is -2.22. The largest absolute Gasteiger partial charge is 0.309 e. The number of amides is 1. The number of hydrogen-bond donors (Lipinski definition) is 0. The quantitative estimate of drug-likeness (QED) is 0.617. The van der Waals surface area contributed by atoms with Gasteiger partial charge in [0.2, 0.25) is 0 Å². The van der Waals surface area contributed by atoms with E-state index in [-0.39, 0.29) is 11.9 Å². The van der Waals surface area contributed by atoms with Crippen LogP contribution in [0.4, 0.5) is 5.13 Å². The van der Waals surface area contributed by atoms with Gasteiger partial charge in [-0.3, -0.25) is 14.4 Å². The maximum Gasteiger partial charge on any atom is 0.278 e. The molecule has 0 saturated heterocycles. The average Bonchev–Trinajstić information content (AvgIpc) is 3.21. The van der Waals surface area contributed by atoms with E-state index < -0.39 is 0 Å². The molecule has 0 N–H and O–H groups in total. The average molecular weight is 386 g/mol. The van der Waals surface area contributed by atoms with Crippen LogP contribution in [0.15, 0.2) is 30.3 Å². The predicted molar refractivity (Wildman–Crippen MR) is 112 cm³/mol. The van der Waals surface area contributed by atoms with E-state index in [4.69, 9.17) is 4.98 Å². The van der Waals surface area contributed by atoms with E-state index >= 15 is 0 Å². The summed E-state index contributed by atoms with van der Waals surface area (Å²) in [6.45, 7) is 7.54. The van der Waals surface area contributed by atoms with E-state index in [1.54, 1.807) is 11.3 Å². The zero-order valence-corrected chi connectivity index (χ0v) is 17.5. The van der Waals surface area contributed by atoms with Gasteiger partial charge in [-0.2, -0.15) is 5.10 Å². The number of thiazole rings is 1. The molecule has 0 bridgehead atoms. The summed E-state index contributed by atoms with van der Waals surface area (Å²) in [5, 5.41) is 5.25. The third-order valence-electron chi connectivity index (χ3n) is 4.31. The Hall–Kier alpha value is -2.25. The fourth-order valence-electron chi connectivity index (χ4n) is 3.01. The molecular weight excluding hydrogens is 358 g/mol. The molecule has 3 rings (SSSR count). The first kappa shape index (κ1) is 19.5. The molecule has 27 heavy (non-hydrogen) atoms. The number of aryl methyl sites for hydroxylation is 1. The van der Waals surface area contributed by atoms with Gasteiger partial charge in [-0.15, -0.1) is 0 Å². The van der Waals surface area contributed by atoms with Crippen molar-refractivity contribution in [2.24, 2.45) is 0 Å².